The van der Waals surface area contributed by atoms with E-state index < -0.39 is 15.9 Å². The van der Waals surface area contributed by atoms with Crippen molar-refractivity contribution in [3.63, 3.8) is 0 Å². The summed E-state index contributed by atoms with van der Waals surface area (Å²) in [5.74, 6) is -0.494. The molecule has 1 amide bonds. The second-order valence-corrected chi connectivity index (χ2v) is 6.95. The highest BCUT2D eigenvalue weighted by atomic mass is 32.2. The van der Waals surface area contributed by atoms with Gasteiger partial charge in [-0.1, -0.05) is 30.3 Å². The Morgan fingerprint density at radius 1 is 1.14 bits per heavy atom. The third-order valence-corrected chi connectivity index (χ3v) is 4.71. The molecule has 1 heterocycles. The fourth-order valence-corrected chi connectivity index (χ4v) is 3.07. The Balaban J connectivity index is 2.13. The standard InChI is InChI=1S/C14H19N3O3S/c1-21(19,20)17-9-7-16(8-10-17)11-13(14(15)18)12-5-3-2-4-6-12/h2-6,11H,7-10H2,1H3,(H2,15,18). The molecule has 1 aromatic carbocycles. The average molecular weight is 309 g/mol. The van der Waals surface area contributed by atoms with Gasteiger partial charge in [-0.25, -0.2) is 8.42 Å². The molecule has 0 bridgehead atoms. The first-order valence-electron chi connectivity index (χ1n) is 6.64. The highest BCUT2D eigenvalue weighted by molar-refractivity contribution is 7.88. The molecule has 114 valence electrons. The second-order valence-electron chi connectivity index (χ2n) is 4.97. The minimum Gasteiger partial charge on any atom is -0.374 e. The van der Waals surface area contributed by atoms with Gasteiger partial charge in [0.1, 0.15) is 0 Å². The smallest absolute Gasteiger partial charge is 0.250 e. The molecule has 1 aliphatic heterocycles. The molecule has 2 rings (SSSR count). The fraction of sp³-hybridized carbons (Fsp3) is 0.357. The lowest BCUT2D eigenvalue weighted by atomic mass is 10.1. The summed E-state index contributed by atoms with van der Waals surface area (Å²) in [4.78, 5) is 13.5. The van der Waals surface area contributed by atoms with Gasteiger partial charge in [0, 0.05) is 32.4 Å². The zero-order valence-electron chi connectivity index (χ0n) is 11.9. The minimum absolute atomic E-state index is 0.413. The highest BCUT2D eigenvalue weighted by Gasteiger charge is 2.22. The maximum Gasteiger partial charge on any atom is 0.250 e. The van der Waals surface area contributed by atoms with Crippen molar-refractivity contribution in [2.75, 3.05) is 32.4 Å². The van der Waals surface area contributed by atoms with Crippen molar-refractivity contribution in [1.82, 2.24) is 9.21 Å². The van der Waals surface area contributed by atoms with Crippen LogP contribution in [0.3, 0.4) is 0 Å². The van der Waals surface area contributed by atoms with Crippen molar-refractivity contribution in [3.8, 4) is 0 Å². The number of amides is 1. The molecule has 0 aliphatic carbocycles. The van der Waals surface area contributed by atoms with Gasteiger partial charge in [0.15, 0.2) is 0 Å². The molecule has 0 unspecified atom stereocenters. The number of piperazine rings is 1. The number of hydrogen-bond acceptors (Lipinski definition) is 4. The predicted octanol–water partition coefficient (Wildman–Crippen LogP) is 0.0900. The van der Waals surface area contributed by atoms with E-state index in [9.17, 15) is 13.2 Å². The van der Waals surface area contributed by atoms with Crippen LogP contribution < -0.4 is 5.73 Å². The minimum atomic E-state index is -3.15. The largest absolute Gasteiger partial charge is 0.374 e. The summed E-state index contributed by atoms with van der Waals surface area (Å²) in [6.07, 6.45) is 2.93. The van der Waals surface area contributed by atoms with Crippen LogP contribution in [0.2, 0.25) is 0 Å². The van der Waals surface area contributed by atoms with Crippen LogP contribution in [-0.2, 0) is 14.8 Å². The Bertz CT molecular complexity index is 633. The Kier molecular flexibility index (Phi) is 4.64. The molecule has 0 radical (unpaired) electrons. The van der Waals surface area contributed by atoms with Crippen molar-refractivity contribution < 1.29 is 13.2 Å². The quantitative estimate of drug-likeness (QED) is 0.799. The van der Waals surface area contributed by atoms with Crippen molar-refractivity contribution >= 4 is 21.5 Å². The Morgan fingerprint density at radius 3 is 2.19 bits per heavy atom. The van der Waals surface area contributed by atoms with E-state index in [-0.39, 0.29) is 0 Å². The summed E-state index contributed by atoms with van der Waals surface area (Å²) >= 11 is 0. The van der Waals surface area contributed by atoms with Crippen LogP contribution in [0.4, 0.5) is 0 Å². The van der Waals surface area contributed by atoms with Gasteiger partial charge in [0.25, 0.3) is 5.91 Å². The third-order valence-electron chi connectivity index (χ3n) is 3.40. The van der Waals surface area contributed by atoms with Crippen LogP contribution in [0.1, 0.15) is 5.56 Å². The van der Waals surface area contributed by atoms with Gasteiger partial charge in [0.2, 0.25) is 10.0 Å². The van der Waals surface area contributed by atoms with E-state index >= 15 is 0 Å². The molecule has 6 nitrogen and oxygen atoms in total. The summed E-state index contributed by atoms with van der Waals surface area (Å²) in [7, 11) is -3.15. The average Bonchev–Trinajstić information content (AvgIpc) is 2.45. The van der Waals surface area contributed by atoms with Gasteiger partial charge in [-0.05, 0) is 5.56 Å². The molecule has 21 heavy (non-hydrogen) atoms. The summed E-state index contributed by atoms with van der Waals surface area (Å²) in [5, 5.41) is 0. The molecule has 2 N–H and O–H groups in total. The first-order valence-corrected chi connectivity index (χ1v) is 8.49. The van der Waals surface area contributed by atoms with Crippen LogP contribution in [0.25, 0.3) is 5.57 Å². The Morgan fingerprint density at radius 2 is 1.71 bits per heavy atom. The summed E-state index contributed by atoms with van der Waals surface area (Å²) in [6, 6.07) is 9.20. The first kappa shape index (κ1) is 15.5. The monoisotopic (exact) mass is 309 g/mol. The van der Waals surface area contributed by atoms with E-state index in [1.165, 1.54) is 10.6 Å². The maximum absolute atomic E-state index is 11.6. The number of nitrogens with zero attached hydrogens (tertiary/aromatic N) is 2. The van der Waals surface area contributed by atoms with Gasteiger partial charge in [0.05, 0.1) is 11.8 Å². The molecular formula is C14H19N3O3S. The van der Waals surface area contributed by atoms with Crippen LogP contribution in [0.15, 0.2) is 36.5 Å². The van der Waals surface area contributed by atoms with Crippen molar-refractivity contribution in [2.45, 2.75) is 0 Å². The first-order chi connectivity index (χ1) is 9.88. The number of nitrogens with two attached hydrogens (primary N) is 1. The number of benzene rings is 1. The number of primary amides is 1. The molecular weight excluding hydrogens is 290 g/mol. The molecule has 1 aromatic rings. The molecule has 1 fully saturated rings. The van der Waals surface area contributed by atoms with E-state index in [4.69, 9.17) is 5.73 Å². The van der Waals surface area contributed by atoms with Gasteiger partial charge in [-0.3, -0.25) is 4.79 Å². The van der Waals surface area contributed by atoms with E-state index in [1.807, 2.05) is 35.2 Å². The van der Waals surface area contributed by atoms with Gasteiger partial charge in [-0.2, -0.15) is 4.31 Å². The maximum atomic E-state index is 11.6. The fourth-order valence-electron chi connectivity index (χ4n) is 2.25. The van der Waals surface area contributed by atoms with Crippen molar-refractivity contribution in [1.29, 1.82) is 0 Å². The van der Waals surface area contributed by atoms with E-state index in [0.29, 0.717) is 31.8 Å². The topological polar surface area (TPSA) is 83.7 Å². The predicted molar refractivity (Wildman–Crippen MR) is 81.6 cm³/mol. The molecule has 7 heteroatoms. The van der Waals surface area contributed by atoms with Gasteiger partial charge >= 0.3 is 0 Å². The number of hydrogen-bond donors (Lipinski definition) is 1. The molecule has 0 saturated carbocycles. The van der Waals surface area contributed by atoms with Crippen LogP contribution >= 0.6 is 0 Å². The molecule has 0 atom stereocenters. The van der Waals surface area contributed by atoms with E-state index in [1.54, 1.807) is 6.20 Å². The summed E-state index contributed by atoms with van der Waals surface area (Å²) in [5.41, 5.74) is 6.64. The van der Waals surface area contributed by atoms with Crippen molar-refractivity contribution in [2.24, 2.45) is 5.73 Å². The van der Waals surface area contributed by atoms with Gasteiger partial charge in [-0.15, -0.1) is 0 Å². The highest BCUT2D eigenvalue weighted by Crippen LogP contribution is 2.16. The number of carbonyl (C=O) groups is 1. The number of rotatable bonds is 4. The lowest BCUT2D eigenvalue weighted by Gasteiger charge is -2.32. The SMILES string of the molecule is CS(=O)(=O)N1CCN(C=C(C(N)=O)c2ccccc2)CC1. The van der Waals surface area contributed by atoms with Crippen molar-refractivity contribution in [3.05, 3.63) is 42.1 Å². The molecule has 0 aromatic heterocycles. The lowest BCUT2D eigenvalue weighted by Crippen LogP contribution is -2.46. The summed E-state index contributed by atoms with van der Waals surface area (Å²) in [6.45, 7) is 1.90. The summed E-state index contributed by atoms with van der Waals surface area (Å²) < 4.78 is 24.4. The van der Waals surface area contributed by atoms with Crippen LogP contribution in [0.5, 0.6) is 0 Å². The Labute approximate surface area is 124 Å². The molecule has 1 aliphatic rings. The lowest BCUT2D eigenvalue weighted by molar-refractivity contribution is -0.112. The number of sulfonamides is 1. The van der Waals surface area contributed by atoms with Crippen LogP contribution in [0, 0.1) is 0 Å². The zero-order chi connectivity index (χ0) is 15.5. The van der Waals surface area contributed by atoms with Gasteiger partial charge < -0.3 is 10.6 Å². The molecule has 1 saturated heterocycles. The zero-order valence-corrected chi connectivity index (χ0v) is 12.7. The molecule has 0 spiro atoms. The van der Waals surface area contributed by atoms with E-state index in [0.717, 1.165) is 5.56 Å². The second kappa shape index (κ2) is 6.28. The number of carbonyl (C=O) groups excluding carboxylic acids is 1. The third kappa shape index (κ3) is 4.05. The van der Waals surface area contributed by atoms with Crippen LogP contribution in [-0.4, -0.2) is 56.0 Å². The normalized spacial score (nSPS) is 17.8. The Hall–Kier alpha value is -1.86. The van der Waals surface area contributed by atoms with E-state index in [2.05, 4.69) is 0 Å².